The van der Waals surface area contributed by atoms with E-state index in [1.165, 1.54) is 0 Å². The largest absolute Gasteiger partial charge is 0.494 e. The molecule has 1 aromatic carbocycles. The van der Waals surface area contributed by atoms with Gasteiger partial charge in [0.25, 0.3) is 0 Å². The zero-order chi connectivity index (χ0) is 25.4. The van der Waals surface area contributed by atoms with Crippen LogP contribution in [-0.4, -0.2) is 74.9 Å². The highest BCUT2D eigenvalue weighted by atomic mass is 35.5. The molecule has 0 amide bonds. The number of carbonyl (C=O) groups is 4. The van der Waals surface area contributed by atoms with Gasteiger partial charge in [0.1, 0.15) is 5.75 Å². The second kappa shape index (κ2) is 16.7. The normalized spacial score (nSPS) is 14.8. The van der Waals surface area contributed by atoms with E-state index < -0.39 is 23.9 Å². The maximum atomic E-state index is 9.64. The third kappa shape index (κ3) is 16.4. The molecule has 0 aliphatic carbocycles. The van der Waals surface area contributed by atoms with Crippen LogP contribution < -0.4 is 10.5 Å². The molecule has 12 heteroatoms. The van der Waals surface area contributed by atoms with Crippen LogP contribution in [0.3, 0.4) is 0 Å². The fourth-order valence-electron chi connectivity index (χ4n) is 2.64. The van der Waals surface area contributed by atoms with E-state index in [1.54, 1.807) is 0 Å². The van der Waals surface area contributed by atoms with E-state index in [4.69, 9.17) is 42.5 Å². The van der Waals surface area contributed by atoms with E-state index >= 15 is 0 Å². The number of carboxylic acid groups (broad SMARTS) is 4. The molecular formula is C21H31ClN2O9. The van der Waals surface area contributed by atoms with Gasteiger partial charge >= 0.3 is 23.9 Å². The molecule has 33 heavy (non-hydrogen) atoms. The summed E-state index contributed by atoms with van der Waals surface area (Å²) in [5, 5.41) is 32.4. The van der Waals surface area contributed by atoms with E-state index in [9.17, 15) is 19.2 Å². The summed E-state index contributed by atoms with van der Waals surface area (Å²) in [5.74, 6) is -3.38. The van der Waals surface area contributed by atoms with Gasteiger partial charge in [-0.05, 0) is 31.5 Å². The molecule has 0 unspecified atom stereocenters. The molecule has 186 valence electrons. The van der Waals surface area contributed by atoms with E-state index in [0.717, 1.165) is 42.4 Å². The summed E-state index contributed by atoms with van der Waals surface area (Å²) in [6.45, 7) is 5.54. The first kappa shape index (κ1) is 30.1. The van der Waals surface area contributed by atoms with Crippen LogP contribution in [0, 0.1) is 0 Å². The van der Waals surface area contributed by atoms with Crippen molar-refractivity contribution in [2.75, 3.05) is 19.7 Å². The van der Waals surface area contributed by atoms with E-state index in [1.807, 2.05) is 25.1 Å². The summed E-state index contributed by atoms with van der Waals surface area (Å²) in [5.41, 5.74) is 7.05. The minimum Gasteiger partial charge on any atom is -0.494 e. The highest BCUT2D eigenvalue weighted by Gasteiger charge is 2.20. The standard InChI is InChI=1S/C13H19ClN2O.2C4H6O4/c1-2-17-13-4-3-11(14)7-10(13)8-16-6-5-12(15)9-16;2*5-3(6)1-2-4(7)8/h3-4,7,12H,2,5-6,8-9,15H2,1H3;2*1-2H2,(H,5,6)(H,7,8)/t12-;;/m0../s1. The van der Waals surface area contributed by atoms with Crippen molar-refractivity contribution >= 4 is 35.5 Å². The molecule has 1 fully saturated rings. The number of benzene rings is 1. The summed E-state index contributed by atoms with van der Waals surface area (Å²) in [7, 11) is 0. The number of nitrogens with zero attached hydrogens (tertiary/aromatic N) is 1. The lowest BCUT2D eigenvalue weighted by Crippen LogP contribution is -2.26. The molecule has 11 nitrogen and oxygen atoms in total. The Kier molecular flexibility index (Phi) is 15.2. The third-order valence-corrected chi connectivity index (χ3v) is 4.37. The van der Waals surface area contributed by atoms with Crippen molar-refractivity contribution in [2.45, 2.75) is 51.6 Å². The second-order valence-corrected chi connectivity index (χ2v) is 7.48. The van der Waals surface area contributed by atoms with Gasteiger partial charge in [-0.25, -0.2) is 0 Å². The Balaban J connectivity index is 0.000000539. The first-order chi connectivity index (χ1) is 15.4. The molecule has 0 bridgehead atoms. The number of carboxylic acids is 4. The lowest BCUT2D eigenvalue weighted by atomic mass is 10.2. The molecule has 1 atom stereocenters. The number of aliphatic carboxylic acids is 4. The van der Waals surface area contributed by atoms with Crippen molar-refractivity contribution in [3.8, 4) is 5.75 Å². The summed E-state index contributed by atoms with van der Waals surface area (Å²) < 4.78 is 5.61. The summed E-state index contributed by atoms with van der Waals surface area (Å²) in [6.07, 6.45) is -0.111. The Labute approximate surface area is 196 Å². The maximum absolute atomic E-state index is 9.64. The van der Waals surface area contributed by atoms with Gasteiger partial charge in [0.05, 0.1) is 32.3 Å². The van der Waals surface area contributed by atoms with E-state index in [-0.39, 0.29) is 25.7 Å². The summed E-state index contributed by atoms with van der Waals surface area (Å²) >= 11 is 6.03. The van der Waals surface area contributed by atoms with Gasteiger partial charge in [0.2, 0.25) is 0 Å². The average Bonchev–Trinajstić information content (AvgIpc) is 3.12. The van der Waals surface area contributed by atoms with Gasteiger partial charge in [-0.15, -0.1) is 0 Å². The van der Waals surface area contributed by atoms with Gasteiger partial charge < -0.3 is 30.9 Å². The van der Waals surface area contributed by atoms with Crippen molar-refractivity contribution in [2.24, 2.45) is 5.73 Å². The number of hydrogen-bond acceptors (Lipinski definition) is 7. The molecule has 1 saturated heterocycles. The van der Waals surface area contributed by atoms with Gasteiger partial charge in [-0.2, -0.15) is 0 Å². The Morgan fingerprint density at radius 1 is 1.00 bits per heavy atom. The highest BCUT2D eigenvalue weighted by molar-refractivity contribution is 6.30. The van der Waals surface area contributed by atoms with Crippen molar-refractivity contribution in [1.82, 2.24) is 4.90 Å². The van der Waals surface area contributed by atoms with E-state index in [0.29, 0.717) is 12.6 Å². The predicted octanol–water partition coefficient (Wildman–Crippen LogP) is 2.14. The topological polar surface area (TPSA) is 188 Å². The number of hydrogen-bond donors (Lipinski definition) is 5. The lowest BCUT2D eigenvalue weighted by Gasteiger charge is -2.18. The van der Waals surface area contributed by atoms with Crippen LogP contribution in [0.4, 0.5) is 0 Å². The minimum atomic E-state index is -1.08. The van der Waals surface area contributed by atoms with Crippen LogP contribution in [-0.2, 0) is 25.7 Å². The molecule has 1 aliphatic rings. The van der Waals surface area contributed by atoms with Crippen LogP contribution in [0.5, 0.6) is 5.75 Å². The monoisotopic (exact) mass is 490 g/mol. The van der Waals surface area contributed by atoms with Crippen molar-refractivity contribution in [3.63, 3.8) is 0 Å². The van der Waals surface area contributed by atoms with Gasteiger partial charge in [0.15, 0.2) is 0 Å². The molecule has 1 aliphatic heterocycles. The predicted molar refractivity (Wildman–Crippen MR) is 120 cm³/mol. The fourth-order valence-corrected chi connectivity index (χ4v) is 2.84. The van der Waals surface area contributed by atoms with Gasteiger partial charge in [0, 0.05) is 36.3 Å². The molecule has 1 heterocycles. The maximum Gasteiger partial charge on any atom is 0.303 e. The molecular weight excluding hydrogens is 460 g/mol. The smallest absolute Gasteiger partial charge is 0.303 e. The highest BCUT2D eigenvalue weighted by Crippen LogP contribution is 2.25. The van der Waals surface area contributed by atoms with Crippen LogP contribution in [0.2, 0.25) is 5.02 Å². The summed E-state index contributed by atoms with van der Waals surface area (Å²) in [6, 6.07) is 6.10. The average molecular weight is 491 g/mol. The first-order valence-electron chi connectivity index (χ1n) is 10.2. The van der Waals surface area contributed by atoms with Crippen LogP contribution in [0.25, 0.3) is 0 Å². The molecule has 0 saturated carbocycles. The Bertz CT molecular complexity index is 733. The Hall–Kier alpha value is -2.89. The third-order valence-electron chi connectivity index (χ3n) is 4.13. The molecule has 1 aromatic rings. The molecule has 0 aromatic heterocycles. The number of nitrogens with two attached hydrogens (primary N) is 1. The quantitative estimate of drug-likeness (QED) is 0.323. The van der Waals surface area contributed by atoms with Crippen LogP contribution in [0.15, 0.2) is 18.2 Å². The Morgan fingerprint density at radius 2 is 1.48 bits per heavy atom. The van der Waals surface area contributed by atoms with Crippen molar-refractivity contribution in [1.29, 1.82) is 0 Å². The zero-order valence-corrected chi connectivity index (χ0v) is 19.2. The van der Waals surface area contributed by atoms with Crippen LogP contribution in [0.1, 0.15) is 44.6 Å². The number of likely N-dealkylation sites (tertiary alicyclic amines) is 1. The minimum absolute atomic E-state index is 0.296. The second-order valence-electron chi connectivity index (χ2n) is 7.04. The molecule has 0 radical (unpaired) electrons. The number of ether oxygens (including phenoxy) is 1. The van der Waals surface area contributed by atoms with Crippen molar-refractivity contribution < 1.29 is 44.3 Å². The molecule has 0 spiro atoms. The molecule has 6 N–H and O–H groups in total. The first-order valence-corrected chi connectivity index (χ1v) is 10.6. The fraction of sp³-hybridized carbons (Fsp3) is 0.524. The van der Waals surface area contributed by atoms with Gasteiger partial charge in [-0.3, -0.25) is 24.1 Å². The number of rotatable bonds is 10. The molecule has 2 rings (SSSR count). The van der Waals surface area contributed by atoms with Crippen LogP contribution >= 0.6 is 11.6 Å². The Morgan fingerprint density at radius 3 is 1.85 bits per heavy atom. The SMILES string of the molecule is CCOc1ccc(Cl)cc1CN1CC[C@H](N)C1.O=C(O)CCC(=O)O.O=C(O)CCC(=O)O. The van der Waals surface area contributed by atoms with Gasteiger partial charge in [-0.1, -0.05) is 11.6 Å². The lowest BCUT2D eigenvalue weighted by molar-refractivity contribution is -0.143. The summed E-state index contributed by atoms with van der Waals surface area (Å²) in [4.78, 5) is 40.9. The number of halogens is 1. The van der Waals surface area contributed by atoms with Crippen molar-refractivity contribution in [3.05, 3.63) is 28.8 Å². The zero-order valence-electron chi connectivity index (χ0n) is 18.4. The van der Waals surface area contributed by atoms with E-state index in [2.05, 4.69) is 4.90 Å².